The van der Waals surface area contributed by atoms with Crippen molar-refractivity contribution >= 4 is 22.7 Å². The Bertz CT molecular complexity index is 1650. The Morgan fingerprint density at radius 3 is 3.03 bits per heavy atom. The Morgan fingerprint density at radius 1 is 1.28 bits per heavy atom. The van der Waals surface area contributed by atoms with E-state index in [0.29, 0.717) is 0 Å². The highest BCUT2D eigenvalue weighted by Crippen LogP contribution is 2.44. The van der Waals surface area contributed by atoms with Gasteiger partial charge in [0.15, 0.2) is 11.5 Å². The first-order chi connectivity index (χ1) is 18.5. The molecule has 3 aromatic rings. The van der Waals surface area contributed by atoms with Crippen LogP contribution in [0.4, 0.5) is 0 Å². The molecular weight excluding hydrogens is 370 g/mol. The molecule has 2 atom stereocenters. The van der Waals surface area contributed by atoms with Crippen LogP contribution < -0.4 is 9.47 Å². The molecule has 0 radical (unpaired) electrons. The van der Waals surface area contributed by atoms with Gasteiger partial charge in [-0.05, 0) is 29.3 Å². The molecule has 0 spiro atoms. The van der Waals surface area contributed by atoms with Crippen LogP contribution in [-0.4, -0.2) is 52.9 Å². The van der Waals surface area contributed by atoms with E-state index in [-0.39, 0.29) is 37.8 Å². The van der Waals surface area contributed by atoms with Crippen molar-refractivity contribution < 1.29 is 34.1 Å². The largest absolute Gasteiger partial charge is 0.454 e. The zero-order chi connectivity index (χ0) is 29.3. The Labute approximate surface area is 182 Å². The van der Waals surface area contributed by atoms with Gasteiger partial charge in [-0.1, -0.05) is 24.2 Å². The lowest BCUT2D eigenvalue weighted by Gasteiger charge is -2.46. The number of piperazine rings is 1. The molecule has 0 bridgehead atoms. The maximum Gasteiger partial charge on any atom is 0.245 e. The molecule has 1 saturated heterocycles. The van der Waals surface area contributed by atoms with Crippen molar-refractivity contribution in [1.29, 1.82) is 0 Å². The second kappa shape index (κ2) is 5.76. The van der Waals surface area contributed by atoms with Crippen LogP contribution in [-0.2, 0) is 16.0 Å². The van der Waals surface area contributed by atoms with Crippen LogP contribution in [0.5, 0.6) is 11.5 Å². The van der Waals surface area contributed by atoms with Crippen molar-refractivity contribution in [2.75, 3.05) is 20.3 Å². The summed E-state index contributed by atoms with van der Waals surface area (Å²) in [5.41, 5.74) is -1.13. The molecule has 2 aromatic carbocycles. The highest BCUT2D eigenvalue weighted by molar-refractivity contribution is 5.97. The SMILES string of the molecule is [2H]c1c([2H])c([C@]2([2H])c3[nH]c4ccccc4c3C([2H])([2H])[C@@H]3C(=O)N(C([2H])([2H])[2H])C([2H])([2H])C(=O)N32)c([2H])c2c1OCO2. The summed E-state index contributed by atoms with van der Waals surface area (Å²) < 4.78 is 104. The molecule has 6 rings (SSSR count). The monoisotopic (exact) mass is 400 g/mol. The molecule has 2 amide bonds. The van der Waals surface area contributed by atoms with Crippen LogP contribution in [0, 0.1) is 0 Å². The van der Waals surface area contributed by atoms with Crippen molar-refractivity contribution in [3.05, 3.63) is 59.2 Å². The standard InChI is InChI=1S/C22H19N3O4/c1-24-10-19(26)25-16(22(24)27)9-14-13-4-2-3-5-15(13)23-20(14)21(25)12-6-7-17-18(8-12)29-11-28-17/h2-8,16,21,23H,9-11H2,1H3/t16-,21-/m1/s1/i1D3,6D,7D,8D,9D2,10D2,21D. The number of nitrogens with zero attached hydrogens (tertiary/aromatic N) is 2. The van der Waals surface area contributed by atoms with Gasteiger partial charge in [-0.3, -0.25) is 9.59 Å². The summed E-state index contributed by atoms with van der Waals surface area (Å²) in [5.74, 6) is -3.97. The van der Waals surface area contributed by atoms with Gasteiger partial charge in [0.2, 0.25) is 18.6 Å². The molecule has 0 unspecified atom stereocenters. The number of hydrogen-bond donors (Lipinski definition) is 1. The maximum absolute atomic E-state index is 13.9. The first-order valence-corrected chi connectivity index (χ1v) is 8.67. The summed E-state index contributed by atoms with van der Waals surface area (Å²) in [4.78, 5) is 30.5. The van der Waals surface area contributed by atoms with E-state index in [0.717, 1.165) is 0 Å². The molecular formula is C22H19N3O4. The summed E-state index contributed by atoms with van der Waals surface area (Å²) in [6.07, 6.45) is -2.88. The Hall–Kier alpha value is -3.48. The Balaban J connectivity index is 1.79. The summed E-state index contributed by atoms with van der Waals surface area (Å²) in [5, 5.41) is 0.179. The molecule has 29 heavy (non-hydrogen) atoms. The van der Waals surface area contributed by atoms with Crippen molar-refractivity contribution in [1.82, 2.24) is 14.8 Å². The zero-order valence-electron chi connectivity index (χ0n) is 25.6. The second-order valence-corrected chi connectivity index (χ2v) is 6.59. The van der Waals surface area contributed by atoms with E-state index in [1.165, 1.54) is 12.1 Å². The highest BCUT2D eigenvalue weighted by atomic mass is 16.7. The molecule has 3 aliphatic heterocycles. The number of fused-ring (bicyclic) bond motifs is 5. The van der Waals surface area contributed by atoms with Crippen LogP contribution in [0.1, 0.15) is 37.9 Å². The lowest BCUT2D eigenvalue weighted by atomic mass is 9.86. The van der Waals surface area contributed by atoms with Gasteiger partial charge < -0.3 is 24.3 Å². The van der Waals surface area contributed by atoms with Crippen LogP contribution in [0.3, 0.4) is 0 Å². The maximum atomic E-state index is 13.9. The molecule has 7 nitrogen and oxygen atoms in total. The number of aromatic nitrogens is 1. The predicted octanol–water partition coefficient (Wildman–Crippen LogP) is 2.21. The molecule has 0 saturated carbocycles. The molecule has 1 fully saturated rings. The number of likely N-dealkylation sites (N-methyl/N-ethyl adjacent to an activating group) is 1. The number of benzene rings is 2. The highest BCUT2D eigenvalue weighted by Gasteiger charge is 2.47. The second-order valence-electron chi connectivity index (χ2n) is 6.59. The van der Waals surface area contributed by atoms with E-state index in [1.54, 1.807) is 12.1 Å². The van der Waals surface area contributed by atoms with Crippen LogP contribution in [0.15, 0.2) is 42.4 Å². The summed E-state index contributed by atoms with van der Waals surface area (Å²) in [7, 11) is 0. The zero-order valence-corrected chi connectivity index (χ0v) is 14.6. The first-order valence-electron chi connectivity index (χ1n) is 14.2. The minimum Gasteiger partial charge on any atom is -0.454 e. The fourth-order valence-electron chi connectivity index (χ4n) is 3.73. The van der Waals surface area contributed by atoms with Crippen LogP contribution in [0.25, 0.3) is 10.9 Å². The van der Waals surface area contributed by atoms with E-state index >= 15 is 0 Å². The number of rotatable bonds is 1. The van der Waals surface area contributed by atoms with E-state index < -0.39 is 79.9 Å². The van der Waals surface area contributed by atoms with E-state index in [1.807, 2.05) is 0 Å². The van der Waals surface area contributed by atoms with E-state index in [9.17, 15) is 11.0 Å². The number of aromatic amines is 1. The minimum absolute atomic E-state index is 0.179. The quantitative estimate of drug-likeness (QED) is 0.680. The van der Waals surface area contributed by atoms with Gasteiger partial charge in [0.05, 0.1) is 20.7 Å². The fraction of sp³-hybridized carbons (Fsp3) is 0.273. The number of nitrogens with one attached hydrogen (secondary N) is 1. The summed E-state index contributed by atoms with van der Waals surface area (Å²) in [6, 6.07) is -1.20. The number of ether oxygens (including phenoxy) is 2. The third kappa shape index (κ3) is 2.24. The molecule has 0 aliphatic carbocycles. The third-order valence-electron chi connectivity index (χ3n) is 4.99. The lowest BCUT2D eigenvalue weighted by molar-refractivity contribution is -0.157. The number of carbonyl (C=O) groups is 2. The van der Waals surface area contributed by atoms with Crippen molar-refractivity contribution in [3.8, 4) is 11.5 Å². The number of H-pyrrole nitrogens is 1. The fourth-order valence-corrected chi connectivity index (χ4v) is 3.73. The number of hydrogen-bond acceptors (Lipinski definition) is 4. The number of amides is 2. The Kier molecular flexibility index (Phi) is 1.77. The molecule has 1 N–H and O–H groups in total. The Morgan fingerprint density at radius 2 is 2.14 bits per heavy atom. The van der Waals surface area contributed by atoms with Gasteiger partial charge in [-0.2, -0.15) is 0 Å². The van der Waals surface area contributed by atoms with E-state index in [4.69, 9.17) is 23.2 Å². The average molecular weight is 400 g/mol. The normalized spacial score (nSPS) is 34.8. The molecule has 1 aromatic heterocycles. The van der Waals surface area contributed by atoms with Crippen molar-refractivity contribution in [3.63, 3.8) is 0 Å². The lowest BCUT2D eigenvalue weighted by Crippen LogP contribution is -2.62. The molecule has 7 heteroatoms. The van der Waals surface area contributed by atoms with Crippen LogP contribution in [0.2, 0.25) is 0 Å². The summed E-state index contributed by atoms with van der Waals surface area (Å²) >= 11 is 0. The smallest absolute Gasteiger partial charge is 0.245 e. The average Bonchev–Trinajstić information content (AvgIpc) is 3.49. The van der Waals surface area contributed by atoms with E-state index in [2.05, 4.69) is 4.98 Å². The number of carbonyl (C=O) groups excluding carboxylic acids is 2. The van der Waals surface area contributed by atoms with Gasteiger partial charge in [0.25, 0.3) is 0 Å². The molecule has 4 heterocycles. The third-order valence-corrected chi connectivity index (χ3v) is 4.99. The first kappa shape index (κ1) is 8.90. The van der Waals surface area contributed by atoms with Gasteiger partial charge in [0, 0.05) is 36.8 Å². The van der Waals surface area contributed by atoms with Crippen molar-refractivity contribution in [2.24, 2.45) is 0 Å². The topological polar surface area (TPSA) is 74.9 Å². The number of para-hydroxylation sites is 1. The molecule has 146 valence electrons. The minimum atomic E-state index is -3.57. The predicted molar refractivity (Wildman–Crippen MR) is 105 cm³/mol. The van der Waals surface area contributed by atoms with Gasteiger partial charge in [0.1, 0.15) is 6.04 Å². The van der Waals surface area contributed by atoms with Gasteiger partial charge in [-0.25, -0.2) is 0 Å². The van der Waals surface area contributed by atoms with Gasteiger partial charge in [-0.15, -0.1) is 0 Å². The van der Waals surface area contributed by atoms with Gasteiger partial charge >= 0.3 is 0 Å². The van der Waals surface area contributed by atoms with Crippen molar-refractivity contribution in [2.45, 2.75) is 18.4 Å². The summed E-state index contributed by atoms with van der Waals surface area (Å²) in [6.45, 7) is -7.48. The molecule has 3 aliphatic rings. The van der Waals surface area contributed by atoms with Crippen LogP contribution >= 0.6 is 0 Å².